The summed E-state index contributed by atoms with van der Waals surface area (Å²) in [6, 6.07) is 14.0. The van der Waals surface area contributed by atoms with Gasteiger partial charge in [-0.2, -0.15) is 0 Å². The van der Waals surface area contributed by atoms with E-state index in [0.29, 0.717) is 17.7 Å². The van der Waals surface area contributed by atoms with Crippen molar-refractivity contribution in [3.05, 3.63) is 64.1 Å². The van der Waals surface area contributed by atoms with Crippen molar-refractivity contribution in [1.82, 2.24) is 5.32 Å². The summed E-state index contributed by atoms with van der Waals surface area (Å²) in [5, 5.41) is 2.92. The van der Waals surface area contributed by atoms with E-state index in [1.54, 1.807) is 25.1 Å². The van der Waals surface area contributed by atoms with Gasteiger partial charge < -0.3 is 5.32 Å². The van der Waals surface area contributed by atoms with Crippen molar-refractivity contribution in [2.45, 2.75) is 26.3 Å². The zero-order valence-corrected chi connectivity index (χ0v) is 16.5. The lowest BCUT2D eigenvalue weighted by Crippen LogP contribution is -2.27. The molecule has 1 amide bonds. The summed E-state index contributed by atoms with van der Waals surface area (Å²) in [6.07, 6.45) is 0.527. The molecule has 0 bridgehead atoms. The Hall–Kier alpha value is -1.86. The van der Waals surface area contributed by atoms with Crippen molar-refractivity contribution in [2.75, 3.05) is 10.5 Å². The highest BCUT2D eigenvalue weighted by molar-refractivity contribution is 9.10. The predicted octanol–water partition coefficient (Wildman–Crippen LogP) is 4.09. The highest BCUT2D eigenvalue weighted by Crippen LogP contribution is 2.23. The third-order valence-electron chi connectivity index (χ3n) is 3.59. The fourth-order valence-electron chi connectivity index (χ4n) is 2.41. The van der Waals surface area contributed by atoms with Crippen molar-refractivity contribution in [1.29, 1.82) is 0 Å². The predicted molar refractivity (Wildman–Crippen MR) is 104 cm³/mol. The van der Waals surface area contributed by atoms with Crippen molar-refractivity contribution < 1.29 is 13.2 Å². The number of hydrogen-bond acceptors (Lipinski definition) is 3. The first-order valence-electron chi connectivity index (χ1n) is 7.98. The van der Waals surface area contributed by atoms with Crippen LogP contribution < -0.4 is 10.0 Å². The number of carbonyl (C=O) groups is 1. The molecule has 7 heteroatoms. The molecule has 0 heterocycles. The van der Waals surface area contributed by atoms with Crippen LogP contribution in [0, 0.1) is 0 Å². The Morgan fingerprint density at radius 3 is 2.56 bits per heavy atom. The number of amides is 1. The Morgan fingerprint density at radius 2 is 1.88 bits per heavy atom. The van der Waals surface area contributed by atoms with Crippen molar-refractivity contribution in [3.8, 4) is 0 Å². The molecule has 25 heavy (non-hydrogen) atoms. The van der Waals surface area contributed by atoms with Gasteiger partial charge in [-0.1, -0.05) is 47.1 Å². The van der Waals surface area contributed by atoms with Crippen molar-refractivity contribution in [3.63, 3.8) is 0 Å². The van der Waals surface area contributed by atoms with E-state index in [9.17, 15) is 13.2 Å². The van der Waals surface area contributed by atoms with Gasteiger partial charge in [0.15, 0.2) is 0 Å². The molecule has 1 atom stereocenters. The minimum atomic E-state index is -3.39. The molecule has 0 fully saturated rings. The second kappa shape index (κ2) is 8.49. The second-order valence-corrected chi connectivity index (χ2v) is 8.41. The standard InChI is InChI=1S/C18H21BrN2O3S/c1-3-11-25(23,24)21-15-8-6-7-14(12-15)18(22)20-13(2)16-9-4-5-10-17(16)19/h4-10,12-13,21H,3,11H2,1-2H3,(H,20,22). The molecule has 1 unspecified atom stereocenters. The summed E-state index contributed by atoms with van der Waals surface area (Å²) < 4.78 is 27.1. The van der Waals surface area contributed by atoms with E-state index in [-0.39, 0.29) is 17.7 Å². The minimum Gasteiger partial charge on any atom is -0.345 e. The van der Waals surface area contributed by atoms with E-state index < -0.39 is 10.0 Å². The van der Waals surface area contributed by atoms with Gasteiger partial charge in [0.05, 0.1) is 11.8 Å². The molecule has 2 rings (SSSR count). The van der Waals surface area contributed by atoms with E-state index in [2.05, 4.69) is 26.0 Å². The van der Waals surface area contributed by atoms with E-state index in [0.717, 1.165) is 10.0 Å². The van der Waals surface area contributed by atoms with Gasteiger partial charge >= 0.3 is 0 Å². The smallest absolute Gasteiger partial charge is 0.251 e. The van der Waals surface area contributed by atoms with Crippen LogP contribution in [0.3, 0.4) is 0 Å². The summed E-state index contributed by atoms with van der Waals surface area (Å²) in [5.41, 5.74) is 1.75. The Morgan fingerprint density at radius 1 is 1.16 bits per heavy atom. The molecule has 0 spiro atoms. The highest BCUT2D eigenvalue weighted by Gasteiger charge is 2.15. The first-order valence-corrected chi connectivity index (χ1v) is 10.4. The molecule has 0 aromatic heterocycles. The average molecular weight is 425 g/mol. The van der Waals surface area contributed by atoms with Gasteiger partial charge in [-0.15, -0.1) is 0 Å². The van der Waals surface area contributed by atoms with Gasteiger partial charge in [0.2, 0.25) is 10.0 Å². The summed E-state index contributed by atoms with van der Waals surface area (Å²) in [7, 11) is -3.39. The Kier molecular flexibility index (Phi) is 6.61. The number of sulfonamides is 1. The van der Waals surface area contributed by atoms with Crippen LogP contribution in [0.25, 0.3) is 0 Å². The lowest BCUT2D eigenvalue weighted by atomic mass is 10.1. The zero-order valence-electron chi connectivity index (χ0n) is 14.1. The van der Waals surface area contributed by atoms with Gasteiger partial charge in [0.25, 0.3) is 5.91 Å². The van der Waals surface area contributed by atoms with E-state index >= 15 is 0 Å². The number of nitrogens with one attached hydrogen (secondary N) is 2. The van der Waals surface area contributed by atoms with E-state index in [4.69, 9.17) is 0 Å². The summed E-state index contributed by atoms with van der Waals surface area (Å²) in [5.74, 6) is -0.220. The minimum absolute atomic E-state index is 0.0441. The molecule has 5 nitrogen and oxygen atoms in total. The van der Waals surface area contributed by atoms with Gasteiger partial charge in [-0.05, 0) is 43.2 Å². The van der Waals surface area contributed by atoms with E-state index in [1.807, 2.05) is 31.2 Å². The molecule has 0 saturated heterocycles. The fourth-order valence-corrected chi connectivity index (χ4v) is 4.16. The van der Waals surface area contributed by atoms with Crippen molar-refractivity contribution >= 4 is 37.5 Å². The maximum absolute atomic E-state index is 12.5. The third-order valence-corrected chi connectivity index (χ3v) is 5.80. The molecule has 2 N–H and O–H groups in total. The lowest BCUT2D eigenvalue weighted by molar-refractivity contribution is 0.0940. The quantitative estimate of drug-likeness (QED) is 0.702. The number of halogens is 1. The molecule has 0 saturated carbocycles. The highest BCUT2D eigenvalue weighted by atomic mass is 79.9. The SMILES string of the molecule is CCCS(=O)(=O)Nc1cccc(C(=O)NC(C)c2ccccc2Br)c1. The fraction of sp³-hybridized carbons (Fsp3) is 0.278. The van der Waals surface area contributed by atoms with Gasteiger partial charge in [-0.3, -0.25) is 9.52 Å². The summed E-state index contributed by atoms with van der Waals surface area (Å²) in [6.45, 7) is 3.69. The largest absolute Gasteiger partial charge is 0.345 e. The molecule has 0 aliphatic rings. The van der Waals surface area contributed by atoms with Crippen LogP contribution in [0.5, 0.6) is 0 Å². The number of anilines is 1. The van der Waals surface area contributed by atoms with Gasteiger partial charge in [0, 0.05) is 15.7 Å². The number of hydrogen-bond donors (Lipinski definition) is 2. The maximum atomic E-state index is 12.5. The molecule has 0 aliphatic heterocycles. The van der Waals surface area contributed by atoms with Crippen LogP contribution >= 0.6 is 15.9 Å². The summed E-state index contributed by atoms with van der Waals surface area (Å²) >= 11 is 3.47. The normalized spacial score (nSPS) is 12.4. The molecule has 0 radical (unpaired) electrons. The number of carbonyl (C=O) groups excluding carboxylic acids is 1. The first kappa shape index (κ1) is 19.5. The molecule has 134 valence electrons. The molecular formula is C18H21BrN2O3S. The van der Waals surface area contributed by atoms with Crippen LogP contribution in [0.15, 0.2) is 53.0 Å². The van der Waals surface area contributed by atoms with Crippen LogP contribution in [0.2, 0.25) is 0 Å². The van der Waals surface area contributed by atoms with Gasteiger partial charge in [0.1, 0.15) is 0 Å². The van der Waals surface area contributed by atoms with Crippen LogP contribution in [0.4, 0.5) is 5.69 Å². The van der Waals surface area contributed by atoms with Gasteiger partial charge in [-0.25, -0.2) is 8.42 Å². The first-order chi connectivity index (χ1) is 11.8. The topological polar surface area (TPSA) is 75.3 Å². The average Bonchev–Trinajstić information content (AvgIpc) is 2.54. The Labute approximate surface area is 157 Å². The third kappa shape index (κ3) is 5.57. The second-order valence-electron chi connectivity index (χ2n) is 5.72. The molecular weight excluding hydrogens is 404 g/mol. The van der Waals surface area contributed by atoms with Crippen LogP contribution in [-0.2, 0) is 10.0 Å². The van der Waals surface area contributed by atoms with E-state index in [1.165, 1.54) is 6.07 Å². The Bertz CT molecular complexity index is 853. The zero-order chi connectivity index (χ0) is 18.4. The van der Waals surface area contributed by atoms with Crippen molar-refractivity contribution in [2.24, 2.45) is 0 Å². The molecule has 0 aliphatic carbocycles. The molecule has 2 aromatic rings. The Balaban J connectivity index is 2.12. The monoisotopic (exact) mass is 424 g/mol. The van der Waals surface area contributed by atoms with Crippen LogP contribution in [-0.4, -0.2) is 20.1 Å². The van der Waals surface area contributed by atoms with Crippen LogP contribution in [0.1, 0.15) is 42.2 Å². The molecule has 2 aromatic carbocycles. The lowest BCUT2D eigenvalue weighted by Gasteiger charge is -2.16. The maximum Gasteiger partial charge on any atom is 0.251 e. The number of rotatable bonds is 7. The number of benzene rings is 2. The summed E-state index contributed by atoms with van der Waals surface area (Å²) in [4.78, 5) is 12.5.